The van der Waals surface area contributed by atoms with Crippen molar-refractivity contribution in [1.82, 2.24) is 10.2 Å². The largest absolute Gasteiger partial charge is 0.465 e. The Morgan fingerprint density at radius 3 is 2.43 bits per heavy atom. The summed E-state index contributed by atoms with van der Waals surface area (Å²) in [4.78, 5) is 34.6. The summed E-state index contributed by atoms with van der Waals surface area (Å²) < 4.78 is 0. The first-order valence-corrected chi connectivity index (χ1v) is 9.84. The zero-order chi connectivity index (χ0) is 15.6. The van der Waals surface area contributed by atoms with Gasteiger partial charge in [0.15, 0.2) is 0 Å². The fourth-order valence-corrected chi connectivity index (χ4v) is 3.42. The molecule has 21 heavy (non-hydrogen) atoms. The molecule has 2 rings (SSSR count). The molecule has 1 saturated heterocycles. The molecule has 0 saturated carbocycles. The molecule has 1 fully saturated rings. The molecular weight excluding hydrogens is 288 g/mol. The molecule has 1 heterocycles. The van der Waals surface area contributed by atoms with E-state index in [-0.39, 0.29) is 11.9 Å². The predicted octanol–water partition coefficient (Wildman–Crippen LogP) is 0.573. The molecule has 1 aromatic rings. The lowest BCUT2D eigenvalue weighted by molar-refractivity contribution is 0.0788. The van der Waals surface area contributed by atoms with E-state index < -0.39 is 14.4 Å². The first-order chi connectivity index (χ1) is 9.77. The number of hydrogen-bond acceptors (Lipinski definition) is 3. The van der Waals surface area contributed by atoms with Crippen LogP contribution in [-0.4, -0.2) is 54.3 Å². The summed E-state index contributed by atoms with van der Waals surface area (Å²) in [5, 5.41) is 12.0. The van der Waals surface area contributed by atoms with E-state index >= 15 is 0 Å². The van der Waals surface area contributed by atoms with Gasteiger partial charge in [0, 0.05) is 18.7 Å². The molecule has 114 valence electrons. The molecule has 0 spiro atoms. The van der Waals surface area contributed by atoms with Crippen molar-refractivity contribution in [3.8, 4) is 0 Å². The maximum atomic E-state index is 12.3. The van der Waals surface area contributed by atoms with Gasteiger partial charge in [0.05, 0.1) is 6.04 Å². The molecule has 2 amide bonds. The average molecular weight is 308 g/mol. The Bertz CT molecular complexity index is 539. The minimum absolute atomic E-state index is 0.103. The van der Waals surface area contributed by atoms with Gasteiger partial charge in [-0.25, -0.2) is 4.79 Å². The van der Waals surface area contributed by atoms with Crippen molar-refractivity contribution in [1.29, 1.82) is 0 Å². The molecule has 1 atom stereocenters. The zero-order valence-electron chi connectivity index (χ0n) is 12.2. The highest BCUT2D eigenvalue weighted by Crippen LogP contribution is 2.13. The fraction of sp³-hybridized carbons (Fsp3) is 0.429. The molecule has 0 aromatic heterocycles. The van der Waals surface area contributed by atoms with E-state index in [0.29, 0.717) is 25.1 Å². The summed E-state index contributed by atoms with van der Waals surface area (Å²) in [6, 6.07) is 6.83. The number of rotatable bonds is 3. The fourth-order valence-electron chi connectivity index (χ4n) is 2.44. The summed E-state index contributed by atoms with van der Waals surface area (Å²) in [6.07, 6.45) is -0.430. The number of nitrogens with one attached hydrogen (secondary N) is 1. The predicted molar refractivity (Wildman–Crippen MR) is 81.2 cm³/mol. The number of carboxylic acid groups (broad SMARTS) is 1. The Labute approximate surface area is 124 Å². The number of carbonyl (C=O) groups is 2. The van der Waals surface area contributed by atoms with Gasteiger partial charge in [0.25, 0.3) is 5.91 Å². The molecule has 1 aliphatic heterocycles. The molecule has 1 aromatic carbocycles. The summed E-state index contributed by atoms with van der Waals surface area (Å²) in [6.45, 7) is 4.60. The summed E-state index contributed by atoms with van der Waals surface area (Å²) >= 11 is 0. The number of hydrogen-bond donors (Lipinski definition) is 3. The maximum absolute atomic E-state index is 12.3. The number of carbonyl (C=O) groups excluding carboxylic acids is 1. The van der Waals surface area contributed by atoms with Gasteiger partial charge >= 0.3 is 6.09 Å². The van der Waals surface area contributed by atoms with Crippen molar-refractivity contribution in [3.05, 3.63) is 29.8 Å². The van der Waals surface area contributed by atoms with Crippen molar-refractivity contribution in [2.24, 2.45) is 0 Å². The summed E-state index contributed by atoms with van der Waals surface area (Å²) in [5.41, 5.74) is 0.563. The number of likely N-dealkylation sites (tertiary alicyclic amines) is 1. The van der Waals surface area contributed by atoms with Crippen LogP contribution < -0.4 is 10.5 Å². The third-order valence-corrected chi connectivity index (χ3v) is 5.39. The van der Waals surface area contributed by atoms with E-state index in [9.17, 15) is 14.4 Å². The first kappa shape index (κ1) is 15.5. The topological polar surface area (TPSA) is 89.9 Å². The third-order valence-electron chi connectivity index (χ3n) is 3.64. The Morgan fingerprint density at radius 2 is 1.90 bits per heavy atom. The standard InChI is InChI=1S/C14H20N2O4Si/c1-21(2,20)12-5-3-10(4-6-12)13(17)16-8-7-11(9-16)15-14(18)19/h3-6,11,15,20H,7-9H2,1-2H3,(H,18,19). The molecule has 3 N–H and O–H groups in total. The number of nitrogens with zero attached hydrogens (tertiary/aromatic N) is 1. The van der Waals surface area contributed by atoms with E-state index in [2.05, 4.69) is 5.32 Å². The molecule has 0 bridgehead atoms. The minimum Gasteiger partial charge on any atom is -0.465 e. The zero-order valence-corrected chi connectivity index (χ0v) is 13.2. The van der Waals surface area contributed by atoms with Crippen LogP contribution >= 0.6 is 0 Å². The van der Waals surface area contributed by atoms with Gasteiger partial charge in [0.1, 0.15) is 0 Å². The minimum atomic E-state index is -2.35. The van der Waals surface area contributed by atoms with E-state index in [0.717, 1.165) is 5.19 Å². The van der Waals surface area contributed by atoms with E-state index in [4.69, 9.17) is 5.11 Å². The molecular formula is C14H20N2O4Si. The van der Waals surface area contributed by atoms with Gasteiger partial charge in [-0.1, -0.05) is 12.1 Å². The van der Waals surface area contributed by atoms with Crippen LogP contribution in [-0.2, 0) is 0 Å². The van der Waals surface area contributed by atoms with Crippen molar-refractivity contribution in [2.45, 2.75) is 25.6 Å². The normalized spacial score (nSPS) is 18.6. The van der Waals surface area contributed by atoms with Crippen molar-refractivity contribution in [2.75, 3.05) is 13.1 Å². The Morgan fingerprint density at radius 1 is 1.29 bits per heavy atom. The van der Waals surface area contributed by atoms with Gasteiger partial charge < -0.3 is 20.1 Å². The van der Waals surface area contributed by atoms with Crippen molar-refractivity contribution >= 4 is 25.5 Å². The second-order valence-corrected chi connectivity index (χ2v) is 9.52. The second kappa shape index (κ2) is 5.86. The SMILES string of the molecule is C[Si](C)(O)c1ccc(C(=O)N2CCC(NC(=O)O)C2)cc1. The Kier molecular flexibility index (Phi) is 4.34. The van der Waals surface area contributed by atoms with Gasteiger partial charge in [-0.05, 0) is 36.8 Å². The lowest BCUT2D eigenvalue weighted by Crippen LogP contribution is -2.41. The second-order valence-electron chi connectivity index (χ2n) is 5.82. The number of benzene rings is 1. The molecule has 0 aliphatic carbocycles. The van der Waals surface area contributed by atoms with Crippen LogP contribution in [0.1, 0.15) is 16.8 Å². The highest BCUT2D eigenvalue weighted by Gasteiger charge is 2.28. The van der Waals surface area contributed by atoms with Crippen molar-refractivity contribution in [3.63, 3.8) is 0 Å². The van der Waals surface area contributed by atoms with Gasteiger partial charge in [-0.2, -0.15) is 0 Å². The Hall–Kier alpha value is -1.86. The Balaban J connectivity index is 2.03. The van der Waals surface area contributed by atoms with E-state index in [1.807, 2.05) is 13.1 Å². The van der Waals surface area contributed by atoms with Crippen LogP contribution in [0.3, 0.4) is 0 Å². The van der Waals surface area contributed by atoms with Crippen LogP contribution in [0.5, 0.6) is 0 Å². The quantitative estimate of drug-likeness (QED) is 0.712. The van der Waals surface area contributed by atoms with Crippen LogP contribution in [0.4, 0.5) is 4.79 Å². The van der Waals surface area contributed by atoms with Crippen LogP contribution in [0.2, 0.25) is 13.1 Å². The smallest absolute Gasteiger partial charge is 0.404 e. The molecule has 7 heteroatoms. The monoisotopic (exact) mass is 308 g/mol. The molecule has 0 radical (unpaired) electrons. The van der Waals surface area contributed by atoms with Gasteiger partial charge in [-0.3, -0.25) is 4.79 Å². The van der Waals surface area contributed by atoms with Crippen LogP contribution in [0.15, 0.2) is 24.3 Å². The lowest BCUT2D eigenvalue weighted by atomic mass is 10.2. The lowest BCUT2D eigenvalue weighted by Gasteiger charge is -2.18. The molecule has 1 aliphatic rings. The highest BCUT2D eigenvalue weighted by molar-refractivity contribution is 6.83. The summed E-state index contributed by atoms with van der Waals surface area (Å²) in [5.74, 6) is -0.103. The molecule has 6 nitrogen and oxygen atoms in total. The van der Waals surface area contributed by atoms with Crippen LogP contribution in [0.25, 0.3) is 0 Å². The van der Waals surface area contributed by atoms with E-state index in [1.54, 1.807) is 29.2 Å². The van der Waals surface area contributed by atoms with Crippen LogP contribution in [0, 0.1) is 0 Å². The van der Waals surface area contributed by atoms with E-state index in [1.165, 1.54) is 0 Å². The average Bonchev–Trinajstić information content (AvgIpc) is 2.84. The first-order valence-electron chi connectivity index (χ1n) is 6.89. The number of amides is 2. The van der Waals surface area contributed by atoms with Crippen molar-refractivity contribution < 1.29 is 19.5 Å². The maximum Gasteiger partial charge on any atom is 0.404 e. The molecule has 1 unspecified atom stereocenters. The van der Waals surface area contributed by atoms with Gasteiger partial charge in [-0.15, -0.1) is 0 Å². The highest BCUT2D eigenvalue weighted by atomic mass is 28.4. The third kappa shape index (κ3) is 3.83. The van der Waals surface area contributed by atoms with Gasteiger partial charge in [0.2, 0.25) is 8.32 Å². The summed E-state index contributed by atoms with van der Waals surface area (Å²) in [7, 11) is -2.35.